The molecule has 2 aromatic rings. The molecule has 1 heterocycles. The lowest BCUT2D eigenvalue weighted by Gasteiger charge is -2.17. The van der Waals surface area contributed by atoms with Gasteiger partial charge in [0.2, 0.25) is 0 Å². The lowest BCUT2D eigenvalue weighted by atomic mass is 10.0. The van der Waals surface area contributed by atoms with E-state index in [-0.39, 0.29) is 22.5 Å². The Morgan fingerprint density at radius 2 is 1.95 bits per heavy atom. The molecule has 0 saturated heterocycles. The third kappa shape index (κ3) is 3.54. The third-order valence-corrected chi connectivity index (χ3v) is 4.51. The number of aromatic nitrogens is 1. The van der Waals surface area contributed by atoms with Crippen LogP contribution in [-0.4, -0.2) is 25.6 Å². The number of oxazole rings is 1. The summed E-state index contributed by atoms with van der Waals surface area (Å²) in [6.45, 7) is 3.61. The monoisotopic (exact) mass is 322 g/mol. The Morgan fingerprint density at radius 3 is 2.41 bits per heavy atom. The summed E-state index contributed by atoms with van der Waals surface area (Å²) >= 11 is 0. The molecule has 22 heavy (non-hydrogen) atoms. The van der Waals surface area contributed by atoms with E-state index in [0.717, 1.165) is 11.8 Å². The van der Waals surface area contributed by atoms with Crippen molar-refractivity contribution < 1.29 is 17.6 Å². The number of rotatable bonds is 5. The van der Waals surface area contributed by atoms with Gasteiger partial charge in [-0.15, -0.1) is 0 Å². The van der Waals surface area contributed by atoms with Gasteiger partial charge < -0.3 is 9.73 Å². The summed E-state index contributed by atoms with van der Waals surface area (Å²) in [7, 11) is -3.23. The maximum absolute atomic E-state index is 12.2. The molecule has 0 fully saturated rings. The fraction of sp³-hybridized carbons (Fsp3) is 0.333. The van der Waals surface area contributed by atoms with Crippen LogP contribution in [0.2, 0.25) is 0 Å². The molecule has 6 nitrogen and oxygen atoms in total. The van der Waals surface area contributed by atoms with Crippen LogP contribution >= 0.6 is 0 Å². The highest BCUT2D eigenvalue weighted by molar-refractivity contribution is 7.90. The number of sulfone groups is 1. The number of nitrogens with zero attached hydrogens (tertiary/aromatic N) is 1. The summed E-state index contributed by atoms with van der Waals surface area (Å²) in [4.78, 5) is 16.3. The van der Waals surface area contributed by atoms with Crippen LogP contribution in [-0.2, 0) is 9.84 Å². The SMILES string of the molecule is CC[C@H](NC(=O)c1ncoc1C)c1ccc(S(C)(=O)=O)cc1. The van der Waals surface area contributed by atoms with Crippen LogP contribution in [0, 0.1) is 6.92 Å². The molecule has 2 rings (SSSR count). The topological polar surface area (TPSA) is 89.3 Å². The number of carbonyl (C=O) groups is 1. The van der Waals surface area contributed by atoms with Crippen LogP contribution < -0.4 is 5.32 Å². The molecule has 0 radical (unpaired) electrons. The first-order chi connectivity index (χ1) is 10.3. The minimum Gasteiger partial charge on any atom is -0.448 e. The van der Waals surface area contributed by atoms with E-state index in [9.17, 15) is 13.2 Å². The maximum Gasteiger partial charge on any atom is 0.274 e. The summed E-state index contributed by atoms with van der Waals surface area (Å²) < 4.78 is 28.0. The number of nitrogens with one attached hydrogen (secondary N) is 1. The molecular formula is C15H18N2O4S. The summed E-state index contributed by atoms with van der Waals surface area (Å²) in [5, 5.41) is 2.87. The second-order valence-corrected chi connectivity index (χ2v) is 7.05. The van der Waals surface area contributed by atoms with Gasteiger partial charge in [-0.3, -0.25) is 4.79 Å². The molecule has 118 valence electrons. The predicted molar refractivity (Wildman–Crippen MR) is 81.3 cm³/mol. The van der Waals surface area contributed by atoms with Gasteiger partial charge in [-0.1, -0.05) is 19.1 Å². The molecule has 0 saturated carbocycles. The summed E-state index contributed by atoms with van der Waals surface area (Å²) in [6, 6.07) is 6.28. The van der Waals surface area contributed by atoms with Gasteiger partial charge in [-0.2, -0.15) is 0 Å². The average Bonchev–Trinajstić information content (AvgIpc) is 2.90. The van der Waals surface area contributed by atoms with E-state index in [1.807, 2.05) is 6.92 Å². The van der Waals surface area contributed by atoms with Crippen LogP contribution in [0.5, 0.6) is 0 Å². The van der Waals surface area contributed by atoms with Gasteiger partial charge in [0.25, 0.3) is 5.91 Å². The molecule has 0 bridgehead atoms. The van der Waals surface area contributed by atoms with Crippen LogP contribution in [0.25, 0.3) is 0 Å². The lowest BCUT2D eigenvalue weighted by molar-refractivity contribution is 0.0929. The molecular weight excluding hydrogens is 304 g/mol. The van der Waals surface area contributed by atoms with E-state index in [1.165, 1.54) is 6.39 Å². The average molecular weight is 322 g/mol. The van der Waals surface area contributed by atoms with E-state index < -0.39 is 9.84 Å². The van der Waals surface area contributed by atoms with Crippen molar-refractivity contribution in [2.45, 2.75) is 31.2 Å². The van der Waals surface area contributed by atoms with Crippen molar-refractivity contribution in [2.75, 3.05) is 6.26 Å². The maximum atomic E-state index is 12.2. The molecule has 0 unspecified atom stereocenters. The Balaban J connectivity index is 2.18. The van der Waals surface area contributed by atoms with Crippen LogP contribution in [0.1, 0.15) is 41.2 Å². The van der Waals surface area contributed by atoms with Gasteiger partial charge in [0.05, 0.1) is 10.9 Å². The second kappa shape index (κ2) is 6.31. The number of hydrogen-bond acceptors (Lipinski definition) is 5. The van der Waals surface area contributed by atoms with Crippen molar-refractivity contribution in [3.63, 3.8) is 0 Å². The van der Waals surface area contributed by atoms with Gasteiger partial charge in [-0.05, 0) is 31.0 Å². The van der Waals surface area contributed by atoms with Crippen molar-refractivity contribution in [3.8, 4) is 0 Å². The molecule has 1 aromatic carbocycles. The quantitative estimate of drug-likeness (QED) is 0.912. The normalized spacial score (nSPS) is 12.9. The first kappa shape index (κ1) is 16.2. The highest BCUT2D eigenvalue weighted by Crippen LogP contribution is 2.20. The van der Waals surface area contributed by atoms with Gasteiger partial charge in [0.1, 0.15) is 5.76 Å². The van der Waals surface area contributed by atoms with Crippen molar-refractivity contribution in [1.82, 2.24) is 10.3 Å². The zero-order valence-corrected chi connectivity index (χ0v) is 13.5. The Morgan fingerprint density at radius 1 is 1.32 bits per heavy atom. The molecule has 0 aliphatic carbocycles. The van der Waals surface area contributed by atoms with Gasteiger partial charge in [0.15, 0.2) is 21.9 Å². The molecule has 7 heteroatoms. The van der Waals surface area contributed by atoms with Crippen molar-refractivity contribution in [3.05, 3.63) is 47.7 Å². The number of benzene rings is 1. The van der Waals surface area contributed by atoms with Crippen molar-refractivity contribution in [1.29, 1.82) is 0 Å². The predicted octanol–water partition coefficient (Wildman–Crippen LogP) is 2.27. The first-order valence-corrected chi connectivity index (χ1v) is 8.73. The van der Waals surface area contributed by atoms with Gasteiger partial charge >= 0.3 is 0 Å². The molecule has 1 N–H and O–H groups in total. The Bertz CT molecular complexity index is 763. The van der Waals surface area contributed by atoms with Crippen molar-refractivity contribution >= 4 is 15.7 Å². The van der Waals surface area contributed by atoms with E-state index >= 15 is 0 Å². The second-order valence-electron chi connectivity index (χ2n) is 5.03. The van der Waals surface area contributed by atoms with Crippen LogP contribution in [0.4, 0.5) is 0 Å². The molecule has 0 spiro atoms. The molecule has 1 aromatic heterocycles. The zero-order chi connectivity index (χ0) is 16.3. The zero-order valence-electron chi connectivity index (χ0n) is 12.7. The Kier molecular flexibility index (Phi) is 4.65. The fourth-order valence-corrected chi connectivity index (χ4v) is 2.75. The highest BCUT2D eigenvalue weighted by atomic mass is 32.2. The van der Waals surface area contributed by atoms with Crippen LogP contribution in [0.15, 0.2) is 40.0 Å². The minimum atomic E-state index is -3.23. The highest BCUT2D eigenvalue weighted by Gasteiger charge is 2.18. The third-order valence-electron chi connectivity index (χ3n) is 3.38. The smallest absolute Gasteiger partial charge is 0.274 e. The summed E-state index contributed by atoms with van der Waals surface area (Å²) in [5.74, 6) is 0.144. The lowest BCUT2D eigenvalue weighted by Crippen LogP contribution is -2.28. The van der Waals surface area contributed by atoms with E-state index in [4.69, 9.17) is 4.42 Å². The number of amides is 1. The van der Waals surface area contributed by atoms with Gasteiger partial charge in [0, 0.05) is 6.26 Å². The van der Waals surface area contributed by atoms with Crippen LogP contribution in [0.3, 0.4) is 0 Å². The number of hydrogen-bond donors (Lipinski definition) is 1. The first-order valence-electron chi connectivity index (χ1n) is 6.84. The van der Waals surface area contributed by atoms with E-state index in [1.54, 1.807) is 31.2 Å². The molecule has 1 atom stereocenters. The Labute approximate surface area is 129 Å². The van der Waals surface area contributed by atoms with Gasteiger partial charge in [-0.25, -0.2) is 13.4 Å². The number of carbonyl (C=O) groups excluding carboxylic acids is 1. The number of aryl methyl sites for hydroxylation is 1. The summed E-state index contributed by atoms with van der Waals surface area (Å²) in [6.07, 6.45) is 3.06. The minimum absolute atomic E-state index is 0.225. The fourth-order valence-electron chi connectivity index (χ4n) is 2.12. The summed E-state index contributed by atoms with van der Waals surface area (Å²) in [5.41, 5.74) is 1.09. The van der Waals surface area contributed by atoms with Crippen molar-refractivity contribution in [2.24, 2.45) is 0 Å². The Hall–Kier alpha value is -2.15. The largest absolute Gasteiger partial charge is 0.448 e. The molecule has 0 aliphatic heterocycles. The molecule has 1 amide bonds. The standard InChI is InChI=1S/C15H18N2O4S/c1-4-13(17-15(18)14-10(2)21-9-16-14)11-5-7-12(8-6-11)22(3,19)20/h5-9,13H,4H2,1-3H3,(H,17,18)/t13-/m0/s1. The molecule has 0 aliphatic rings. The van der Waals surface area contributed by atoms with E-state index in [0.29, 0.717) is 12.2 Å². The van der Waals surface area contributed by atoms with E-state index in [2.05, 4.69) is 10.3 Å².